The first-order valence-corrected chi connectivity index (χ1v) is 11.5. The van der Waals surface area contributed by atoms with Gasteiger partial charge in [-0.2, -0.15) is 10.2 Å². The fourth-order valence-electron chi connectivity index (χ4n) is 4.13. The third-order valence-corrected chi connectivity index (χ3v) is 6.02. The maximum atomic E-state index is 13.8. The van der Waals surface area contributed by atoms with Crippen LogP contribution in [0.3, 0.4) is 0 Å². The average molecular weight is 481 g/mol. The molecule has 36 heavy (non-hydrogen) atoms. The minimum atomic E-state index is -0.917. The Kier molecular flexibility index (Phi) is 5.81. The first-order valence-electron chi connectivity index (χ1n) is 11.5. The number of fused-ring (bicyclic) bond motifs is 1. The van der Waals surface area contributed by atoms with Gasteiger partial charge in [0.2, 0.25) is 5.91 Å². The van der Waals surface area contributed by atoms with Crippen molar-refractivity contribution in [1.82, 2.24) is 24.1 Å². The summed E-state index contributed by atoms with van der Waals surface area (Å²) >= 11 is 0. The van der Waals surface area contributed by atoms with Crippen LogP contribution in [0.2, 0.25) is 0 Å². The smallest absolute Gasteiger partial charge is 0.280 e. The zero-order chi connectivity index (χ0) is 25.4. The van der Waals surface area contributed by atoms with Crippen molar-refractivity contribution in [2.24, 2.45) is 0 Å². The molecule has 0 fully saturated rings. The minimum absolute atomic E-state index is 0.105. The number of carbonyl (C=O) groups is 2. The van der Waals surface area contributed by atoms with E-state index in [1.807, 2.05) is 59.4 Å². The molecule has 0 saturated heterocycles. The highest BCUT2D eigenvalue weighted by molar-refractivity contribution is 5.98. The van der Waals surface area contributed by atoms with E-state index in [-0.39, 0.29) is 5.78 Å². The minimum Gasteiger partial charge on any atom is -0.324 e. The number of ketones is 1. The number of para-hydroxylation sites is 1. The van der Waals surface area contributed by atoms with Crippen LogP contribution in [0, 0.1) is 6.92 Å². The van der Waals surface area contributed by atoms with Crippen LogP contribution in [0.15, 0.2) is 83.9 Å². The molecule has 0 unspecified atom stereocenters. The summed E-state index contributed by atoms with van der Waals surface area (Å²) in [6.07, 6.45) is 3.68. The summed E-state index contributed by atoms with van der Waals surface area (Å²) in [5.74, 6) is 0.0281. The lowest BCUT2D eigenvalue weighted by Gasteiger charge is -2.15. The number of aromatic nitrogens is 5. The summed E-state index contributed by atoms with van der Waals surface area (Å²) in [6, 6.07) is 19.0. The van der Waals surface area contributed by atoms with Crippen LogP contribution in [0.25, 0.3) is 22.4 Å². The number of rotatable bonds is 6. The maximum Gasteiger partial charge on any atom is 0.280 e. The molecule has 2 aromatic carbocycles. The van der Waals surface area contributed by atoms with E-state index in [0.29, 0.717) is 33.7 Å². The maximum absolute atomic E-state index is 13.8. The number of carbonyl (C=O) groups excluding carboxylic acids is 2. The number of amides is 1. The van der Waals surface area contributed by atoms with Crippen LogP contribution in [0.5, 0.6) is 0 Å². The van der Waals surface area contributed by atoms with Gasteiger partial charge >= 0.3 is 0 Å². The van der Waals surface area contributed by atoms with E-state index in [2.05, 4.69) is 10.4 Å². The van der Waals surface area contributed by atoms with E-state index in [4.69, 9.17) is 5.10 Å². The summed E-state index contributed by atoms with van der Waals surface area (Å²) in [7, 11) is 0. The van der Waals surface area contributed by atoms with Crippen molar-refractivity contribution >= 4 is 28.3 Å². The lowest BCUT2D eigenvalue weighted by molar-refractivity contribution is -0.119. The molecule has 0 saturated carbocycles. The van der Waals surface area contributed by atoms with Crippen LogP contribution in [-0.4, -0.2) is 35.8 Å². The molecular formula is C27H24N6O3. The summed E-state index contributed by atoms with van der Waals surface area (Å²) < 4.78 is 4.72. The highest BCUT2D eigenvalue weighted by Gasteiger charge is 2.25. The first-order chi connectivity index (χ1) is 17.3. The summed E-state index contributed by atoms with van der Waals surface area (Å²) in [6.45, 7) is 4.84. The van der Waals surface area contributed by atoms with E-state index < -0.39 is 17.5 Å². The van der Waals surface area contributed by atoms with Gasteiger partial charge in [0.1, 0.15) is 16.9 Å². The second-order valence-electron chi connectivity index (χ2n) is 8.52. The monoisotopic (exact) mass is 480 g/mol. The van der Waals surface area contributed by atoms with Gasteiger partial charge in [0, 0.05) is 23.6 Å². The van der Waals surface area contributed by atoms with Crippen LogP contribution >= 0.6 is 0 Å². The Labute approximate surface area is 206 Å². The molecule has 0 spiro atoms. The van der Waals surface area contributed by atoms with Crippen molar-refractivity contribution in [3.05, 3.63) is 101 Å². The zero-order valence-electron chi connectivity index (χ0n) is 20.0. The van der Waals surface area contributed by atoms with Gasteiger partial charge in [0.15, 0.2) is 11.6 Å². The molecule has 5 aromatic rings. The van der Waals surface area contributed by atoms with E-state index in [1.165, 1.54) is 11.6 Å². The second kappa shape index (κ2) is 9.10. The quantitative estimate of drug-likeness (QED) is 0.369. The van der Waals surface area contributed by atoms with Gasteiger partial charge in [0.25, 0.3) is 5.56 Å². The van der Waals surface area contributed by atoms with Gasteiger partial charge < -0.3 is 9.88 Å². The molecule has 9 heteroatoms. The lowest BCUT2D eigenvalue weighted by atomic mass is 10.1. The van der Waals surface area contributed by atoms with E-state index in [9.17, 15) is 14.4 Å². The van der Waals surface area contributed by atoms with Crippen LogP contribution < -0.4 is 10.9 Å². The zero-order valence-corrected chi connectivity index (χ0v) is 20.0. The molecule has 9 nitrogen and oxygen atoms in total. The first kappa shape index (κ1) is 23.0. The van der Waals surface area contributed by atoms with Crippen LogP contribution in [0.1, 0.15) is 35.9 Å². The van der Waals surface area contributed by atoms with E-state index >= 15 is 0 Å². The Balaban J connectivity index is 1.62. The number of hydrogen-bond acceptors (Lipinski definition) is 5. The molecule has 0 aliphatic carbocycles. The number of anilines is 1. The molecule has 5 rings (SSSR count). The number of nitrogens with zero attached hydrogens (tertiary/aromatic N) is 5. The van der Waals surface area contributed by atoms with Crippen LogP contribution in [-0.2, 0) is 4.79 Å². The molecule has 1 N–H and O–H groups in total. The Bertz CT molecular complexity index is 1650. The van der Waals surface area contributed by atoms with E-state index in [0.717, 1.165) is 5.69 Å². The van der Waals surface area contributed by atoms with Crippen molar-refractivity contribution in [3.8, 4) is 11.5 Å². The second-order valence-corrected chi connectivity index (χ2v) is 8.52. The highest BCUT2D eigenvalue weighted by Crippen LogP contribution is 2.25. The van der Waals surface area contributed by atoms with Crippen LogP contribution in [0.4, 0.5) is 5.69 Å². The summed E-state index contributed by atoms with van der Waals surface area (Å²) in [5, 5.41) is 12.3. The van der Waals surface area contributed by atoms with Crippen molar-refractivity contribution in [1.29, 1.82) is 0 Å². The van der Waals surface area contributed by atoms with Crippen molar-refractivity contribution in [2.75, 3.05) is 5.32 Å². The standard InChI is InChI=1S/C27H24N6O3/c1-17-24-23(26(31-14-7-8-15-31)33(30-24)22-12-5-4-6-13-22)27(36)32(29-17)18(2)25(35)28-21-11-9-10-20(16-21)19(3)34/h4-16,18H,1-3H3,(H,28,35)/t18-/m1/s1. The predicted octanol–water partition coefficient (Wildman–Crippen LogP) is 4.08. The Morgan fingerprint density at radius 1 is 0.944 bits per heavy atom. The van der Waals surface area contributed by atoms with Gasteiger partial charge in [-0.1, -0.05) is 30.3 Å². The highest BCUT2D eigenvalue weighted by atomic mass is 16.2. The SMILES string of the molecule is CC(=O)c1cccc(NC(=O)[C@@H](C)n2nc(C)c3nn(-c4ccccc4)c(-n4cccc4)c3c2=O)c1. The van der Waals surface area contributed by atoms with Gasteiger partial charge in [0.05, 0.1) is 11.4 Å². The van der Waals surface area contributed by atoms with Crippen molar-refractivity contribution in [2.45, 2.75) is 26.8 Å². The van der Waals surface area contributed by atoms with Gasteiger partial charge in [-0.15, -0.1) is 0 Å². The molecule has 0 bridgehead atoms. The molecule has 0 radical (unpaired) electrons. The molecule has 0 aliphatic rings. The molecule has 1 amide bonds. The van der Waals surface area contributed by atoms with E-state index in [1.54, 1.807) is 42.8 Å². The fourth-order valence-corrected chi connectivity index (χ4v) is 4.13. The lowest BCUT2D eigenvalue weighted by Crippen LogP contribution is -2.34. The summed E-state index contributed by atoms with van der Waals surface area (Å²) in [5.41, 5.74) is 2.30. The third-order valence-electron chi connectivity index (χ3n) is 6.02. The number of nitrogens with one attached hydrogen (secondary N) is 1. The summed E-state index contributed by atoms with van der Waals surface area (Å²) in [4.78, 5) is 38.6. The predicted molar refractivity (Wildman–Crippen MR) is 137 cm³/mol. The Morgan fingerprint density at radius 2 is 1.67 bits per heavy atom. The number of hydrogen-bond donors (Lipinski definition) is 1. The van der Waals surface area contributed by atoms with Gasteiger partial charge in [-0.3, -0.25) is 14.4 Å². The normalized spacial score (nSPS) is 12.0. The molecule has 3 aromatic heterocycles. The Morgan fingerprint density at radius 3 is 2.36 bits per heavy atom. The number of aryl methyl sites for hydroxylation is 1. The fraction of sp³-hybridized carbons (Fsp3) is 0.148. The van der Waals surface area contributed by atoms with Crippen molar-refractivity contribution < 1.29 is 9.59 Å². The molecule has 1 atom stereocenters. The van der Waals surface area contributed by atoms with Crippen molar-refractivity contribution in [3.63, 3.8) is 0 Å². The largest absolute Gasteiger partial charge is 0.324 e. The average Bonchev–Trinajstić information content (AvgIpc) is 3.55. The number of Topliss-reactive ketones (excluding diaryl/α,β-unsaturated/α-hetero) is 1. The Hall–Kier alpha value is -4.79. The van der Waals surface area contributed by atoms with Gasteiger partial charge in [-0.05, 0) is 57.2 Å². The third kappa shape index (κ3) is 4.00. The molecule has 180 valence electrons. The molecule has 0 aliphatic heterocycles. The van der Waals surface area contributed by atoms with Gasteiger partial charge in [-0.25, -0.2) is 9.36 Å². The number of benzene rings is 2. The molecule has 3 heterocycles. The molecular weight excluding hydrogens is 456 g/mol. The topological polar surface area (TPSA) is 104 Å².